The number of benzene rings is 2. The zero-order valence-corrected chi connectivity index (χ0v) is 19.6. The molecule has 0 aliphatic heterocycles. The van der Waals surface area contributed by atoms with E-state index in [-0.39, 0.29) is 5.91 Å². The number of aryl methyl sites for hydroxylation is 1. The van der Waals surface area contributed by atoms with E-state index >= 15 is 0 Å². The van der Waals surface area contributed by atoms with Gasteiger partial charge in [-0.05, 0) is 91.9 Å². The van der Waals surface area contributed by atoms with Crippen molar-refractivity contribution in [2.75, 3.05) is 13.7 Å². The highest BCUT2D eigenvalue weighted by Crippen LogP contribution is 2.23. The van der Waals surface area contributed by atoms with Crippen LogP contribution in [0.2, 0.25) is 0 Å². The summed E-state index contributed by atoms with van der Waals surface area (Å²) in [5.41, 5.74) is 7.16. The number of ether oxygens (including phenoxy) is 2. The monoisotopic (exact) mass is 517 g/mol. The van der Waals surface area contributed by atoms with Crippen molar-refractivity contribution < 1.29 is 14.3 Å². The van der Waals surface area contributed by atoms with Crippen molar-refractivity contribution in [3.63, 3.8) is 0 Å². The Labute approximate surface area is 190 Å². The highest BCUT2D eigenvalue weighted by molar-refractivity contribution is 14.1. The molecule has 0 saturated heterocycles. The second-order valence-corrected chi connectivity index (χ2v) is 7.80. The van der Waals surface area contributed by atoms with Gasteiger partial charge in [-0.25, -0.2) is 5.43 Å². The first-order valence-electron chi connectivity index (χ1n) is 9.53. The summed E-state index contributed by atoms with van der Waals surface area (Å²) in [5, 5.41) is 4.14. The molecule has 3 rings (SSSR count). The smallest absolute Gasteiger partial charge is 0.271 e. The van der Waals surface area contributed by atoms with Crippen LogP contribution in [0.15, 0.2) is 53.6 Å². The number of halogens is 1. The van der Waals surface area contributed by atoms with Gasteiger partial charge in [0.15, 0.2) is 0 Å². The van der Waals surface area contributed by atoms with E-state index in [2.05, 4.69) is 37.7 Å². The second-order valence-electron chi connectivity index (χ2n) is 6.64. The van der Waals surface area contributed by atoms with E-state index in [1.54, 1.807) is 25.5 Å². The number of rotatable bonds is 7. The fraction of sp³-hybridized carbons (Fsp3) is 0.217. The lowest BCUT2D eigenvalue weighted by atomic mass is 10.2. The zero-order chi connectivity index (χ0) is 21.7. The zero-order valence-electron chi connectivity index (χ0n) is 17.4. The van der Waals surface area contributed by atoms with Crippen LogP contribution in [0.4, 0.5) is 0 Å². The highest BCUT2D eigenvalue weighted by Gasteiger charge is 2.11. The lowest BCUT2D eigenvalue weighted by Crippen LogP contribution is -2.17. The van der Waals surface area contributed by atoms with E-state index < -0.39 is 0 Å². The van der Waals surface area contributed by atoms with Gasteiger partial charge in [-0.2, -0.15) is 5.10 Å². The maximum atomic E-state index is 12.4. The molecule has 156 valence electrons. The number of hydrogen-bond acceptors (Lipinski definition) is 4. The minimum Gasteiger partial charge on any atom is -0.496 e. The Hall–Kier alpha value is -2.81. The normalized spacial score (nSPS) is 11.0. The Morgan fingerprint density at radius 1 is 1.17 bits per heavy atom. The van der Waals surface area contributed by atoms with Crippen LogP contribution in [0.5, 0.6) is 11.5 Å². The molecule has 0 bridgehead atoms. The maximum absolute atomic E-state index is 12.4. The molecule has 0 unspecified atom stereocenters. The van der Waals surface area contributed by atoms with Gasteiger partial charge in [0, 0.05) is 28.2 Å². The molecule has 0 aliphatic carbocycles. The lowest BCUT2D eigenvalue weighted by Gasteiger charge is -2.11. The standard InChI is InChI=1S/C23H24IN3O3/c1-5-30-20-9-7-19(8-10-20)27-15(2)12-18(16(27)3)14-25-26-23(28)17-6-11-21(24)22(13-17)29-4/h6-14H,5H2,1-4H3,(H,26,28)/b25-14-. The first-order chi connectivity index (χ1) is 14.4. The number of hydrogen-bond donors (Lipinski definition) is 1. The van der Waals surface area contributed by atoms with Crippen LogP contribution in [0.1, 0.15) is 34.2 Å². The number of carbonyl (C=O) groups is 1. The Morgan fingerprint density at radius 3 is 2.57 bits per heavy atom. The highest BCUT2D eigenvalue weighted by atomic mass is 127. The fourth-order valence-electron chi connectivity index (χ4n) is 3.20. The van der Waals surface area contributed by atoms with Gasteiger partial charge < -0.3 is 14.0 Å². The third kappa shape index (κ3) is 4.84. The van der Waals surface area contributed by atoms with Crippen molar-refractivity contribution in [1.29, 1.82) is 0 Å². The Balaban J connectivity index is 1.75. The molecule has 7 heteroatoms. The summed E-state index contributed by atoms with van der Waals surface area (Å²) in [7, 11) is 1.58. The van der Waals surface area contributed by atoms with Crippen LogP contribution in [0, 0.1) is 17.4 Å². The minimum absolute atomic E-state index is 0.290. The minimum atomic E-state index is -0.290. The lowest BCUT2D eigenvalue weighted by molar-refractivity contribution is 0.0954. The van der Waals surface area contributed by atoms with Crippen LogP contribution in [0.3, 0.4) is 0 Å². The summed E-state index contributed by atoms with van der Waals surface area (Å²) < 4.78 is 13.9. The van der Waals surface area contributed by atoms with Crippen LogP contribution in [-0.2, 0) is 0 Å². The van der Waals surface area contributed by atoms with Crippen molar-refractivity contribution in [1.82, 2.24) is 9.99 Å². The molecule has 0 aliphatic rings. The number of nitrogens with zero attached hydrogens (tertiary/aromatic N) is 2. The van der Waals surface area contributed by atoms with Crippen molar-refractivity contribution in [3.8, 4) is 17.2 Å². The Morgan fingerprint density at radius 2 is 1.90 bits per heavy atom. The third-order valence-electron chi connectivity index (χ3n) is 4.66. The number of methoxy groups -OCH3 is 1. The van der Waals surface area contributed by atoms with Gasteiger partial charge in [-0.15, -0.1) is 0 Å². The average molecular weight is 517 g/mol. The number of carbonyl (C=O) groups excluding carboxylic acids is 1. The third-order valence-corrected chi connectivity index (χ3v) is 5.55. The molecule has 2 aromatic carbocycles. The first-order valence-corrected chi connectivity index (χ1v) is 10.6. The summed E-state index contributed by atoms with van der Waals surface area (Å²) in [6, 6.07) is 15.3. The van der Waals surface area contributed by atoms with Gasteiger partial charge in [-0.1, -0.05) is 0 Å². The van der Waals surface area contributed by atoms with Crippen molar-refractivity contribution in [3.05, 3.63) is 74.6 Å². The van der Waals surface area contributed by atoms with E-state index in [1.165, 1.54) is 0 Å². The van der Waals surface area contributed by atoms with Crippen LogP contribution < -0.4 is 14.9 Å². The summed E-state index contributed by atoms with van der Waals surface area (Å²) in [5.74, 6) is 1.22. The van der Waals surface area contributed by atoms with Crippen LogP contribution in [-0.4, -0.2) is 30.4 Å². The number of hydrazone groups is 1. The SMILES string of the molecule is CCOc1ccc(-n2c(C)cc(/C=N\NC(=O)c3ccc(I)c(OC)c3)c2C)cc1. The summed E-state index contributed by atoms with van der Waals surface area (Å²) in [4.78, 5) is 12.4. The molecule has 0 saturated carbocycles. The maximum Gasteiger partial charge on any atom is 0.271 e. The van der Waals surface area contributed by atoms with E-state index in [4.69, 9.17) is 9.47 Å². The average Bonchev–Trinajstić information content (AvgIpc) is 3.02. The van der Waals surface area contributed by atoms with Crippen LogP contribution in [0.25, 0.3) is 5.69 Å². The number of nitrogens with one attached hydrogen (secondary N) is 1. The van der Waals surface area contributed by atoms with Gasteiger partial charge in [0.1, 0.15) is 11.5 Å². The van der Waals surface area contributed by atoms with Gasteiger partial charge in [-0.3, -0.25) is 4.79 Å². The van der Waals surface area contributed by atoms with Crippen molar-refractivity contribution >= 4 is 34.7 Å². The molecule has 6 nitrogen and oxygen atoms in total. The van der Waals surface area contributed by atoms with Gasteiger partial charge in [0.05, 0.1) is 23.5 Å². The molecule has 1 amide bonds. The largest absolute Gasteiger partial charge is 0.496 e. The predicted molar refractivity (Wildman–Crippen MR) is 127 cm³/mol. The van der Waals surface area contributed by atoms with E-state index in [1.807, 2.05) is 57.2 Å². The molecule has 30 heavy (non-hydrogen) atoms. The molecule has 0 atom stereocenters. The molecule has 0 fully saturated rings. The molecule has 3 aromatic rings. The Kier molecular flexibility index (Phi) is 7.15. The van der Waals surface area contributed by atoms with Crippen molar-refractivity contribution in [2.24, 2.45) is 5.10 Å². The number of aromatic nitrogens is 1. The topological polar surface area (TPSA) is 64.8 Å². The summed E-state index contributed by atoms with van der Waals surface area (Å²) in [6.07, 6.45) is 1.66. The summed E-state index contributed by atoms with van der Waals surface area (Å²) in [6.45, 7) is 6.67. The van der Waals surface area contributed by atoms with Gasteiger partial charge in [0.25, 0.3) is 5.91 Å². The van der Waals surface area contributed by atoms with E-state index in [0.717, 1.165) is 32.0 Å². The first kappa shape index (κ1) is 21.9. The van der Waals surface area contributed by atoms with E-state index in [9.17, 15) is 4.79 Å². The molecular weight excluding hydrogens is 493 g/mol. The molecule has 1 aromatic heterocycles. The molecule has 1 heterocycles. The number of amides is 1. The second kappa shape index (κ2) is 9.80. The van der Waals surface area contributed by atoms with Gasteiger partial charge >= 0.3 is 0 Å². The fourth-order valence-corrected chi connectivity index (χ4v) is 3.76. The van der Waals surface area contributed by atoms with E-state index in [0.29, 0.717) is 17.9 Å². The molecule has 0 radical (unpaired) electrons. The van der Waals surface area contributed by atoms with Gasteiger partial charge in [0.2, 0.25) is 0 Å². The van der Waals surface area contributed by atoms with Crippen LogP contribution >= 0.6 is 22.6 Å². The predicted octanol–water partition coefficient (Wildman–Crippen LogP) is 4.87. The Bertz CT molecular complexity index is 1070. The molecule has 0 spiro atoms. The molecular formula is C23H24IN3O3. The molecule has 1 N–H and O–H groups in total. The quantitative estimate of drug-likeness (QED) is 0.276. The van der Waals surface area contributed by atoms with Crippen molar-refractivity contribution in [2.45, 2.75) is 20.8 Å². The summed E-state index contributed by atoms with van der Waals surface area (Å²) >= 11 is 2.16.